The average Bonchev–Trinajstić information content (AvgIpc) is 3.00. The van der Waals surface area contributed by atoms with Gasteiger partial charge in [0, 0.05) is 30.2 Å². The van der Waals surface area contributed by atoms with Crippen LogP contribution in [-0.4, -0.2) is 48.8 Å². The molecule has 3 rings (SSSR count). The highest BCUT2D eigenvalue weighted by atomic mass is 32.2. The van der Waals surface area contributed by atoms with Crippen molar-refractivity contribution in [3.8, 4) is 5.75 Å². The number of aromatic hydroxyl groups is 1. The molecular formula is C18H21N3O4S. The highest BCUT2D eigenvalue weighted by molar-refractivity contribution is 7.85. The molecule has 1 atom stereocenters. The fourth-order valence-electron chi connectivity index (χ4n) is 3.01. The molecule has 7 nitrogen and oxygen atoms in total. The van der Waals surface area contributed by atoms with Crippen LogP contribution in [0.1, 0.15) is 5.56 Å². The van der Waals surface area contributed by atoms with E-state index in [4.69, 9.17) is 0 Å². The second kappa shape index (κ2) is 7.06. The van der Waals surface area contributed by atoms with E-state index in [0.29, 0.717) is 12.2 Å². The van der Waals surface area contributed by atoms with Gasteiger partial charge >= 0.3 is 0 Å². The molecule has 0 spiro atoms. The van der Waals surface area contributed by atoms with Crippen molar-refractivity contribution in [3.63, 3.8) is 0 Å². The smallest absolute Gasteiger partial charge is 0.268 e. The van der Waals surface area contributed by atoms with E-state index in [2.05, 4.69) is 10.3 Å². The van der Waals surface area contributed by atoms with E-state index in [1.807, 2.05) is 42.2 Å². The molecule has 8 heteroatoms. The molecule has 0 saturated carbocycles. The lowest BCUT2D eigenvalue weighted by molar-refractivity contribution is 0.401. The van der Waals surface area contributed by atoms with E-state index in [9.17, 15) is 18.1 Å². The molecule has 2 aromatic carbocycles. The number of phenolic OH excluding ortho intramolecular Hbond substituents is 1. The van der Waals surface area contributed by atoms with Crippen molar-refractivity contribution in [2.24, 2.45) is 4.99 Å². The van der Waals surface area contributed by atoms with Gasteiger partial charge in [0.25, 0.3) is 10.1 Å². The highest BCUT2D eigenvalue weighted by Gasteiger charge is 2.38. The zero-order valence-corrected chi connectivity index (χ0v) is 15.1. The van der Waals surface area contributed by atoms with E-state index in [-0.39, 0.29) is 12.3 Å². The SMILES string of the molecule is Cc1ccc(N(CC2(CS(=O)(=O)O)N=CCN2)c2cccc(O)c2)cc1. The minimum Gasteiger partial charge on any atom is -0.508 e. The molecule has 1 aliphatic heterocycles. The van der Waals surface area contributed by atoms with Crippen molar-refractivity contribution in [1.29, 1.82) is 0 Å². The number of nitrogens with one attached hydrogen (secondary N) is 1. The molecule has 1 unspecified atom stereocenters. The summed E-state index contributed by atoms with van der Waals surface area (Å²) >= 11 is 0. The first-order valence-corrected chi connectivity index (χ1v) is 9.74. The zero-order valence-electron chi connectivity index (χ0n) is 14.3. The first-order valence-electron chi connectivity index (χ1n) is 8.14. The number of aryl methyl sites for hydroxylation is 1. The Bertz CT molecular complexity index is 912. The summed E-state index contributed by atoms with van der Waals surface area (Å²) in [5.74, 6) is -0.441. The van der Waals surface area contributed by atoms with Crippen molar-refractivity contribution in [2.75, 3.05) is 23.7 Å². The van der Waals surface area contributed by atoms with Crippen LogP contribution < -0.4 is 10.2 Å². The standard InChI is InChI=1S/C18H21N3O4S/c1-14-5-7-15(8-6-14)21(16-3-2-4-17(22)11-16)12-18(13-26(23,24)25)19-9-10-20-18/h2-9,11,20,22H,10,12-13H2,1H3,(H,23,24,25). The summed E-state index contributed by atoms with van der Waals surface area (Å²) in [5, 5.41) is 12.9. The van der Waals surface area contributed by atoms with E-state index < -0.39 is 21.5 Å². The minimum atomic E-state index is -4.24. The maximum absolute atomic E-state index is 11.5. The van der Waals surface area contributed by atoms with Gasteiger partial charge in [-0.1, -0.05) is 23.8 Å². The normalized spacial score (nSPS) is 19.6. The van der Waals surface area contributed by atoms with Crippen LogP contribution in [0.15, 0.2) is 53.5 Å². The molecule has 0 aliphatic carbocycles. The second-order valence-corrected chi connectivity index (χ2v) is 7.84. The summed E-state index contributed by atoms with van der Waals surface area (Å²) in [4.78, 5) is 6.17. The summed E-state index contributed by atoms with van der Waals surface area (Å²) < 4.78 is 32.4. The number of anilines is 2. The summed E-state index contributed by atoms with van der Waals surface area (Å²) in [6.45, 7) is 2.55. The molecule has 0 aromatic heterocycles. The third-order valence-electron chi connectivity index (χ3n) is 4.19. The molecule has 0 saturated heterocycles. The second-order valence-electron chi connectivity index (χ2n) is 6.39. The Kier molecular flexibility index (Phi) is 4.99. The molecule has 0 radical (unpaired) electrons. The van der Waals surface area contributed by atoms with Gasteiger partial charge in [-0.05, 0) is 31.2 Å². The minimum absolute atomic E-state index is 0.103. The first kappa shape index (κ1) is 18.4. The number of rotatable bonds is 6. The predicted molar refractivity (Wildman–Crippen MR) is 102 cm³/mol. The molecular weight excluding hydrogens is 354 g/mol. The largest absolute Gasteiger partial charge is 0.508 e. The lowest BCUT2D eigenvalue weighted by Crippen LogP contribution is -2.53. The van der Waals surface area contributed by atoms with Crippen molar-refractivity contribution >= 4 is 27.7 Å². The van der Waals surface area contributed by atoms with Crippen LogP contribution in [-0.2, 0) is 10.1 Å². The number of nitrogens with zero attached hydrogens (tertiary/aromatic N) is 2. The topological polar surface area (TPSA) is 102 Å². The number of benzene rings is 2. The average molecular weight is 375 g/mol. The molecule has 26 heavy (non-hydrogen) atoms. The van der Waals surface area contributed by atoms with Crippen molar-refractivity contribution in [3.05, 3.63) is 54.1 Å². The number of hydrogen-bond donors (Lipinski definition) is 3. The maximum atomic E-state index is 11.5. The van der Waals surface area contributed by atoms with Crippen LogP contribution in [0.5, 0.6) is 5.75 Å². The van der Waals surface area contributed by atoms with Crippen molar-refractivity contribution in [1.82, 2.24) is 5.32 Å². The van der Waals surface area contributed by atoms with Crippen LogP contribution in [0.3, 0.4) is 0 Å². The Balaban J connectivity index is 2.02. The van der Waals surface area contributed by atoms with Gasteiger partial charge in [-0.25, -0.2) is 0 Å². The van der Waals surface area contributed by atoms with E-state index in [0.717, 1.165) is 11.3 Å². The number of phenols is 1. The van der Waals surface area contributed by atoms with Crippen molar-refractivity contribution in [2.45, 2.75) is 12.6 Å². The molecule has 0 fully saturated rings. The first-order chi connectivity index (χ1) is 12.3. The van der Waals surface area contributed by atoms with Gasteiger partial charge in [-0.2, -0.15) is 8.42 Å². The van der Waals surface area contributed by atoms with Crippen LogP contribution in [0.25, 0.3) is 0 Å². The Morgan fingerprint density at radius 1 is 1.19 bits per heavy atom. The highest BCUT2D eigenvalue weighted by Crippen LogP contribution is 2.31. The van der Waals surface area contributed by atoms with E-state index in [1.54, 1.807) is 24.4 Å². The predicted octanol–water partition coefficient (Wildman–Crippen LogP) is 2.10. The van der Waals surface area contributed by atoms with Crippen LogP contribution in [0.4, 0.5) is 11.4 Å². The fourth-order valence-corrected chi connectivity index (χ4v) is 3.88. The lowest BCUT2D eigenvalue weighted by Gasteiger charge is -2.34. The molecule has 0 bridgehead atoms. The molecule has 138 valence electrons. The molecule has 1 aliphatic rings. The van der Waals surface area contributed by atoms with Crippen LogP contribution in [0, 0.1) is 6.92 Å². The number of aliphatic imine (C=N–C) groups is 1. The summed E-state index contributed by atoms with van der Waals surface area (Å²) in [6, 6.07) is 14.4. The third-order valence-corrected chi connectivity index (χ3v) is 5.03. The zero-order chi connectivity index (χ0) is 18.8. The molecule has 0 amide bonds. The Morgan fingerprint density at radius 2 is 1.92 bits per heavy atom. The summed E-state index contributed by atoms with van der Waals surface area (Å²) in [6.07, 6.45) is 1.60. The third kappa shape index (κ3) is 4.40. The molecule has 2 aromatic rings. The van der Waals surface area contributed by atoms with Crippen LogP contribution in [0.2, 0.25) is 0 Å². The number of hydrogen-bond acceptors (Lipinski definition) is 6. The monoisotopic (exact) mass is 375 g/mol. The molecule has 3 N–H and O–H groups in total. The van der Waals surface area contributed by atoms with E-state index >= 15 is 0 Å². The summed E-state index contributed by atoms with van der Waals surface area (Å²) in [7, 11) is -4.24. The van der Waals surface area contributed by atoms with Gasteiger partial charge in [-0.15, -0.1) is 0 Å². The fraction of sp³-hybridized carbons (Fsp3) is 0.278. The maximum Gasteiger partial charge on any atom is 0.268 e. The Labute approximate surface area is 152 Å². The van der Waals surface area contributed by atoms with Gasteiger partial charge in [0.2, 0.25) is 0 Å². The van der Waals surface area contributed by atoms with Gasteiger partial charge < -0.3 is 10.0 Å². The molecule has 1 heterocycles. The van der Waals surface area contributed by atoms with Crippen LogP contribution >= 0.6 is 0 Å². The Morgan fingerprint density at radius 3 is 2.50 bits per heavy atom. The van der Waals surface area contributed by atoms with Gasteiger partial charge in [0.05, 0.1) is 6.54 Å². The van der Waals surface area contributed by atoms with Crippen molar-refractivity contribution < 1.29 is 18.1 Å². The Hall–Kier alpha value is -2.42. The van der Waals surface area contributed by atoms with Gasteiger partial charge in [0.15, 0.2) is 0 Å². The van der Waals surface area contributed by atoms with E-state index in [1.165, 1.54) is 0 Å². The summed E-state index contributed by atoms with van der Waals surface area (Å²) in [5.41, 5.74) is 1.42. The lowest BCUT2D eigenvalue weighted by atomic mass is 10.1. The van der Waals surface area contributed by atoms with Gasteiger partial charge in [0.1, 0.15) is 17.2 Å². The quantitative estimate of drug-likeness (QED) is 0.668. The van der Waals surface area contributed by atoms with Gasteiger partial charge in [-0.3, -0.25) is 14.9 Å².